The minimum atomic E-state index is 0.459. The molecule has 0 aromatic rings. The summed E-state index contributed by atoms with van der Waals surface area (Å²) in [6, 6.07) is 0.459. The Morgan fingerprint density at radius 1 is 0.895 bits per heavy atom. The topological polar surface area (TPSA) is 32.5 Å². The van der Waals surface area contributed by atoms with Gasteiger partial charge in [-0.05, 0) is 57.3 Å². The Kier molecular flexibility index (Phi) is 5.67. The summed E-state index contributed by atoms with van der Waals surface area (Å²) in [5.74, 6) is 0. The fraction of sp³-hybridized carbons (Fsp3) is 1.00. The number of hydrogen-bond donors (Lipinski definition) is 1. The second kappa shape index (κ2) is 7.05. The molecule has 0 aliphatic carbocycles. The molecule has 2 heterocycles. The van der Waals surface area contributed by atoms with E-state index in [1.165, 1.54) is 77.8 Å². The van der Waals surface area contributed by atoms with Gasteiger partial charge in [-0.3, -0.25) is 0 Å². The second-order valence-electron chi connectivity index (χ2n) is 6.73. The normalized spacial score (nSPS) is 26.7. The quantitative estimate of drug-likeness (QED) is 0.830. The Labute approximate surface area is 119 Å². The molecule has 0 amide bonds. The van der Waals surface area contributed by atoms with Crippen molar-refractivity contribution in [3.8, 4) is 0 Å². The highest BCUT2D eigenvalue weighted by Crippen LogP contribution is 2.37. The van der Waals surface area contributed by atoms with Gasteiger partial charge >= 0.3 is 0 Å². The number of nitrogens with zero attached hydrogens (tertiary/aromatic N) is 2. The van der Waals surface area contributed by atoms with Crippen molar-refractivity contribution < 1.29 is 0 Å². The lowest BCUT2D eigenvalue weighted by Crippen LogP contribution is -2.46. The van der Waals surface area contributed by atoms with Gasteiger partial charge in [0.25, 0.3) is 0 Å². The Balaban J connectivity index is 1.66. The molecule has 0 atom stereocenters. The van der Waals surface area contributed by atoms with Gasteiger partial charge in [0.05, 0.1) is 0 Å². The van der Waals surface area contributed by atoms with E-state index in [1.807, 2.05) is 0 Å². The van der Waals surface area contributed by atoms with Crippen molar-refractivity contribution in [2.45, 2.75) is 58.4 Å². The Morgan fingerprint density at radius 2 is 1.37 bits per heavy atom. The van der Waals surface area contributed by atoms with Gasteiger partial charge in [-0.2, -0.15) is 0 Å². The zero-order valence-corrected chi connectivity index (χ0v) is 13.0. The van der Waals surface area contributed by atoms with Gasteiger partial charge in [-0.15, -0.1) is 0 Å². The van der Waals surface area contributed by atoms with Gasteiger partial charge in [0.1, 0.15) is 0 Å². The third kappa shape index (κ3) is 4.17. The highest BCUT2D eigenvalue weighted by atomic mass is 15.2. The van der Waals surface area contributed by atoms with Crippen molar-refractivity contribution in [2.24, 2.45) is 11.1 Å². The zero-order chi connectivity index (χ0) is 13.7. The molecule has 0 saturated carbocycles. The summed E-state index contributed by atoms with van der Waals surface area (Å²) < 4.78 is 0. The van der Waals surface area contributed by atoms with Crippen LogP contribution in [0.2, 0.25) is 0 Å². The first-order valence-corrected chi connectivity index (χ1v) is 8.38. The van der Waals surface area contributed by atoms with E-state index in [2.05, 4.69) is 23.6 Å². The summed E-state index contributed by atoms with van der Waals surface area (Å²) in [5, 5.41) is 0. The number of hydrogen-bond acceptors (Lipinski definition) is 3. The molecule has 2 aliphatic rings. The smallest absolute Gasteiger partial charge is 0.0109 e. The van der Waals surface area contributed by atoms with E-state index < -0.39 is 0 Å². The molecule has 3 heteroatoms. The molecule has 2 aliphatic heterocycles. The average molecular weight is 267 g/mol. The largest absolute Gasteiger partial charge is 0.328 e. The summed E-state index contributed by atoms with van der Waals surface area (Å²) >= 11 is 0. The Bertz CT molecular complexity index is 245. The molecule has 0 aromatic carbocycles. The molecule has 0 spiro atoms. The van der Waals surface area contributed by atoms with Gasteiger partial charge in [0.2, 0.25) is 0 Å². The highest BCUT2D eigenvalue weighted by Gasteiger charge is 2.31. The van der Waals surface area contributed by atoms with E-state index in [4.69, 9.17) is 5.73 Å². The van der Waals surface area contributed by atoms with Gasteiger partial charge in [0.15, 0.2) is 0 Å². The molecule has 2 saturated heterocycles. The minimum Gasteiger partial charge on any atom is -0.328 e. The second-order valence-corrected chi connectivity index (χ2v) is 6.73. The lowest BCUT2D eigenvalue weighted by atomic mass is 9.74. The van der Waals surface area contributed by atoms with E-state index in [0.29, 0.717) is 11.5 Å². The van der Waals surface area contributed by atoms with E-state index >= 15 is 0 Å². The van der Waals surface area contributed by atoms with Crippen molar-refractivity contribution in [1.82, 2.24) is 9.80 Å². The third-order valence-corrected chi connectivity index (χ3v) is 5.78. The van der Waals surface area contributed by atoms with Crippen LogP contribution in [0, 0.1) is 5.41 Å². The highest BCUT2D eigenvalue weighted by molar-refractivity contribution is 4.84. The van der Waals surface area contributed by atoms with Crippen LogP contribution < -0.4 is 5.73 Å². The molecule has 112 valence electrons. The molecule has 3 nitrogen and oxygen atoms in total. The van der Waals surface area contributed by atoms with E-state index in [0.717, 1.165) is 0 Å². The molecule has 0 radical (unpaired) electrons. The van der Waals surface area contributed by atoms with Crippen LogP contribution in [-0.2, 0) is 0 Å². The predicted molar refractivity (Wildman–Crippen MR) is 82.3 cm³/mol. The fourth-order valence-electron chi connectivity index (χ4n) is 3.67. The molecule has 2 fully saturated rings. The zero-order valence-electron chi connectivity index (χ0n) is 13.0. The van der Waals surface area contributed by atoms with Crippen LogP contribution in [0.3, 0.4) is 0 Å². The first-order valence-electron chi connectivity index (χ1n) is 8.38. The molecule has 0 unspecified atom stereocenters. The summed E-state index contributed by atoms with van der Waals surface area (Å²) in [5.41, 5.74) is 6.62. The standard InChI is InChI=1S/C16H33N3/c1-3-16(4-2)7-11-19(12-8-16)14-13-18-9-5-15(17)6-10-18/h15H,3-14,17H2,1-2H3. The van der Waals surface area contributed by atoms with Crippen molar-refractivity contribution in [2.75, 3.05) is 39.3 Å². The van der Waals surface area contributed by atoms with Crippen LogP contribution in [0.4, 0.5) is 0 Å². The average Bonchev–Trinajstić information content (AvgIpc) is 2.47. The molecule has 2 rings (SSSR count). The van der Waals surface area contributed by atoms with E-state index in [9.17, 15) is 0 Å². The summed E-state index contributed by atoms with van der Waals surface area (Å²) in [7, 11) is 0. The van der Waals surface area contributed by atoms with Gasteiger partial charge in [-0.25, -0.2) is 0 Å². The monoisotopic (exact) mass is 267 g/mol. The molecule has 2 N–H and O–H groups in total. The lowest BCUT2D eigenvalue weighted by molar-refractivity contribution is 0.0833. The van der Waals surface area contributed by atoms with Gasteiger partial charge in [-0.1, -0.05) is 26.7 Å². The summed E-state index contributed by atoms with van der Waals surface area (Å²) in [4.78, 5) is 5.28. The predicted octanol–water partition coefficient (Wildman–Crippen LogP) is 2.31. The van der Waals surface area contributed by atoms with E-state index in [-0.39, 0.29) is 0 Å². The maximum Gasteiger partial charge on any atom is 0.0109 e. The van der Waals surface area contributed by atoms with Crippen molar-refractivity contribution in [3.05, 3.63) is 0 Å². The number of nitrogens with two attached hydrogens (primary N) is 1. The molecular formula is C16H33N3. The number of rotatable bonds is 5. The first kappa shape index (κ1) is 15.3. The SMILES string of the molecule is CCC1(CC)CCN(CCN2CCC(N)CC2)CC1. The van der Waals surface area contributed by atoms with Crippen LogP contribution in [-0.4, -0.2) is 55.1 Å². The Morgan fingerprint density at radius 3 is 1.84 bits per heavy atom. The van der Waals surface area contributed by atoms with Crippen molar-refractivity contribution in [3.63, 3.8) is 0 Å². The molecule has 0 bridgehead atoms. The van der Waals surface area contributed by atoms with Crippen LogP contribution in [0.25, 0.3) is 0 Å². The number of likely N-dealkylation sites (tertiary alicyclic amines) is 2. The molecule has 19 heavy (non-hydrogen) atoms. The first-order chi connectivity index (χ1) is 9.17. The van der Waals surface area contributed by atoms with Crippen LogP contribution in [0.5, 0.6) is 0 Å². The fourth-order valence-corrected chi connectivity index (χ4v) is 3.67. The van der Waals surface area contributed by atoms with Crippen molar-refractivity contribution >= 4 is 0 Å². The molecular weight excluding hydrogens is 234 g/mol. The lowest BCUT2D eigenvalue weighted by Gasteiger charge is -2.42. The maximum absolute atomic E-state index is 5.96. The number of piperidine rings is 2. The summed E-state index contributed by atoms with van der Waals surface area (Å²) in [6.45, 7) is 12.3. The summed E-state index contributed by atoms with van der Waals surface area (Å²) in [6.07, 6.45) is 7.92. The molecule has 0 aromatic heterocycles. The minimum absolute atomic E-state index is 0.459. The third-order valence-electron chi connectivity index (χ3n) is 5.78. The van der Waals surface area contributed by atoms with Crippen LogP contribution in [0.1, 0.15) is 52.4 Å². The van der Waals surface area contributed by atoms with E-state index in [1.54, 1.807) is 0 Å². The van der Waals surface area contributed by atoms with Gasteiger partial charge < -0.3 is 15.5 Å². The van der Waals surface area contributed by atoms with Crippen LogP contribution in [0.15, 0.2) is 0 Å². The van der Waals surface area contributed by atoms with Crippen LogP contribution >= 0.6 is 0 Å². The maximum atomic E-state index is 5.96. The Hall–Kier alpha value is -0.120. The van der Waals surface area contributed by atoms with Gasteiger partial charge in [0, 0.05) is 19.1 Å². The van der Waals surface area contributed by atoms with Crippen molar-refractivity contribution in [1.29, 1.82) is 0 Å².